The molecule has 0 aliphatic rings. The van der Waals surface area contributed by atoms with Crippen molar-refractivity contribution in [2.75, 3.05) is 11.9 Å². The molecule has 0 aliphatic carbocycles. The predicted octanol–water partition coefficient (Wildman–Crippen LogP) is 2.66. The van der Waals surface area contributed by atoms with Gasteiger partial charge in [-0.15, -0.1) is 0 Å². The van der Waals surface area contributed by atoms with Gasteiger partial charge in [0.1, 0.15) is 11.9 Å². The highest BCUT2D eigenvalue weighted by atomic mass is 35.5. The maximum Gasteiger partial charge on any atom is 0.144 e. The number of aryl methyl sites for hydroxylation is 1. The van der Waals surface area contributed by atoms with Gasteiger partial charge in [-0.1, -0.05) is 11.6 Å². The molecule has 0 saturated carbocycles. The monoisotopic (exact) mass is 209 g/mol. The van der Waals surface area contributed by atoms with Gasteiger partial charge in [0.15, 0.2) is 0 Å². The number of nitriles is 1. The second-order valence-corrected chi connectivity index (χ2v) is 3.38. The Bertz CT molecular complexity index is 393. The Morgan fingerprint density at radius 1 is 1.50 bits per heavy atom. The van der Waals surface area contributed by atoms with Crippen LogP contribution in [-0.2, 0) is 0 Å². The molecule has 0 bridgehead atoms. The summed E-state index contributed by atoms with van der Waals surface area (Å²) in [6.07, 6.45) is 0. The highest BCUT2D eigenvalue weighted by Crippen LogP contribution is 2.26. The van der Waals surface area contributed by atoms with Crippen LogP contribution in [0.25, 0.3) is 0 Å². The first kappa shape index (κ1) is 10.8. The molecule has 1 aromatic rings. The number of aromatic nitrogens is 1. The van der Waals surface area contributed by atoms with E-state index < -0.39 is 0 Å². The minimum atomic E-state index is 0.530. The van der Waals surface area contributed by atoms with E-state index >= 15 is 0 Å². The van der Waals surface area contributed by atoms with Gasteiger partial charge in [-0.05, 0) is 26.3 Å². The molecule has 1 N–H and O–H groups in total. The maximum atomic E-state index is 8.95. The molecule has 0 amide bonds. The molecule has 0 fully saturated rings. The third kappa shape index (κ3) is 1.80. The summed E-state index contributed by atoms with van der Waals surface area (Å²) in [5.41, 5.74) is 2.07. The Morgan fingerprint density at radius 3 is 2.64 bits per heavy atom. The van der Waals surface area contributed by atoms with Crippen molar-refractivity contribution in [3.8, 4) is 6.07 Å². The lowest BCUT2D eigenvalue weighted by Gasteiger charge is -2.10. The molecule has 14 heavy (non-hydrogen) atoms. The quantitative estimate of drug-likeness (QED) is 0.815. The lowest BCUT2D eigenvalue weighted by Crippen LogP contribution is -2.05. The van der Waals surface area contributed by atoms with Crippen molar-refractivity contribution in [1.29, 1.82) is 5.26 Å². The lowest BCUT2D eigenvalue weighted by atomic mass is 10.1. The number of hydrogen-bond acceptors (Lipinski definition) is 3. The van der Waals surface area contributed by atoms with Crippen LogP contribution < -0.4 is 5.32 Å². The van der Waals surface area contributed by atoms with E-state index in [4.69, 9.17) is 16.9 Å². The second kappa shape index (κ2) is 4.30. The molecule has 0 saturated heterocycles. The SMILES string of the molecule is CCNc1nc(C)c(Cl)c(C)c1C#N. The molecule has 74 valence electrons. The van der Waals surface area contributed by atoms with E-state index in [1.807, 2.05) is 20.8 Å². The smallest absolute Gasteiger partial charge is 0.144 e. The van der Waals surface area contributed by atoms with Crippen LogP contribution in [0.3, 0.4) is 0 Å². The average molecular weight is 210 g/mol. The van der Waals surface area contributed by atoms with Crippen LogP contribution in [0.5, 0.6) is 0 Å². The highest BCUT2D eigenvalue weighted by molar-refractivity contribution is 6.32. The van der Waals surface area contributed by atoms with Gasteiger partial charge in [-0.2, -0.15) is 5.26 Å². The molecular formula is C10H12ClN3. The zero-order valence-electron chi connectivity index (χ0n) is 8.48. The van der Waals surface area contributed by atoms with E-state index in [9.17, 15) is 0 Å². The first-order valence-corrected chi connectivity index (χ1v) is 4.80. The van der Waals surface area contributed by atoms with Gasteiger partial charge in [-0.25, -0.2) is 4.98 Å². The molecule has 1 rings (SSSR count). The van der Waals surface area contributed by atoms with Crippen LogP contribution >= 0.6 is 11.6 Å². The van der Waals surface area contributed by atoms with E-state index in [0.29, 0.717) is 16.4 Å². The zero-order chi connectivity index (χ0) is 10.7. The van der Waals surface area contributed by atoms with E-state index in [1.54, 1.807) is 0 Å². The fourth-order valence-electron chi connectivity index (χ4n) is 1.26. The Balaban J connectivity index is 3.38. The molecule has 0 radical (unpaired) electrons. The molecule has 0 atom stereocenters. The van der Waals surface area contributed by atoms with Crippen LogP contribution in [-0.4, -0.2) is 11.5 Å². The number of nitrogens with zero attached hydrogens (tertiary/aromatic N) is 2. The minimum Gasteiger partial charge on any atom is -0.369 e. The van der Waals surface area contributed by atoms with Crippen LogP contribution in [0.1, 0.15) is 23.7 Å². The first-order chi connectivity index (χ1) is 6.61. The van der Waals surface area contributed by atoms with Crippen molar-refractivity contribution in [3.63, 3.8) is 0 Å². The molecule has 0 aliphatic heterocycles. The van der Waals surface area contributed by atoms with Crippen LogP contribution in [0.4, 0.5) is 5.82 Å². The molecule has 1 heterocycles. The standard InChI is InChI=1S/C10H12ClN3/c1-4-13-10-8(5-12)6(2)9(11)7(3)14-10/h4H2,1-3H3,(H,13,14). The predicted molar refractivity (Wildman–Crippen MR) is 57.6 cm³/mol. The maximum absolute atomic E-state index is 8.95. The van der Waals surface area contributed by atoms with Gasteiger partial charge >= 0.3 is 0 Å². The summed E-state index contributed by atoms with van der Waals surface area (Å²) in [6.45, 7) is 6.36. The Kier molecular flexibility index (Phi) is 3.32. The summed E-state index contributed by atoms with van der Waals surface area (Å²) >= 11 is 5.99. The average Bonchev–Trinajstić information content (AvgIpc) is 2.16. The Labute approximate surface area is 88.7 Å². The van der Waals surface area contributed by atoms with Crippen LogP contribution in [0, 0.1) is 25.2 Å². The number of anilines is 1. The number of hydrogen-bond donors (Lipinski definition) is 1. The summed E-state index contributed by atoms with van der Waals surface area (Å²) in [6, 6.07) is 2.11. The van der Waals surface area contributed by atoms with E-state index in [0.717, 1.165) is 17.8 Å². The Morgan fingerprint density at radius 2 is 2.14 bits per heavy atom. The van der Waals surface area contributed by atoms with Gasteiger partial charge in [0.2, 0.25) is 0 Å². The van der Waals surface area contributed by atoms with Gasteiger partial charge < -0.3 is 5.32 Å². The van der Waals surface area contributed by atoms with Gasteiger partial charge in [-0.3, -0.25) is 0 Å². The fraction of sp³-hybridized carbons (Fsp3) is 0.400. The normalized spacial score (nSPS) is 9.64. The molecule has 1 aromatic heterocycles. The van der Waals surface area contributed by atoms with Crippen molar-refractivity contribution in [2.45, 2.75) is 20.8 Å². The third-order valence-electron chi connectivity index (χ3n) is 1.99. The molecule has 4 heteroatoms. The molecule has 0 aromatic carbocycles. The van der Waals surface area contributed by atoms with Crippen LogP contribution in [0.2, 0.25) is 5.02 Å². The van der Waals surface area contributed by atoms with Crippen molar-refractivity contribution in [3.05, 3.63) is 21.8 Å². The fourth-order valence-corrected chi connectivity index (χ4v) is 1.40. The van der Waals surface area contributed by atoms with Crippen molar-refractivity contribution < 1.29 is 0 Å². The third-order valence-corrected chi connectivity index (χ3v) is 2.55. The zero-order valence-corrected chi connectivity index (χ0v) is 9.24. The van der Waals surface area contributed by atoms with Gasteiger partial charge in [0.05, 0.1) is 16.3 Å². The minimum absolute atomic E-state index is 0.530. The Hall–Kier alpha value is -1.27. The van der Waals surface area contributed by atoms with Gasteiger partial charge in [0, 0.05) is 6.54 Å². The first-order valence-electron chi connectivity index (χ1n) is 4.42. The van der Waals surface area contributed by atoms with E-state index in [2.05, 4.69) is 16.4 Å². The lowest BCUT2D eigenvalue weighted by molar-refractivity contribution is 1.10. The van der Waals surface area contributed by atoms with Gasteiger partial charge in [0.25, 0.3) is 0 Å². The van der Waals surface area contributed by atoms with Crippen LogP contribution in [0.15, 0.2) is 0 Å². The largest absolute Gasteiger partial charge is 0.369 e. The van der Waals surface area contributed by atoms with E-state index in [-0.39, 0.29) is 0 Å². The number of nitrogens with one attached hydrogen (secondary N) is 1. The van der Waals surface area contributed by atoms with Crippen molar-refractivity contribution in [2.24, 2.45) is 0 Å². The highest BCUT2D eigenvalue weighted by Gasteiger charge is 2.12. The number of pyridine rings is 1. The topological polar surface area (TPSA) is 48.7 Å². The van der Waals surface area contributed by atoms with E-state index in [1.165, 1.54) is 0 Å². The molecule has 3 nitrogen and oxygen atoms in total. The molecular weight excluding hydrogens is 198 g/mol. The van der Waals surface area contributed by atoms with Crippen molar-refractivity contribution in [1.82, 2.24) is 4.98 Å². The summed E-state index contributed by atoms with van der Waals surface area (Å²) in [5, 5.41) is 12.6. The number of halogens is 1. The summed E-state index contributed by atoms with van der Waals surface area (Å²) in [4.78, 5) is 4.23. The number of rotatable bonds is 2. The summed E-state index contributed by atoms with van der Waals surface area (Å²) < 4.78 is 0. The van der Waals surface area contributed by atoms with Crippen molar-refractivity contribution >= 4 is 17.4 Å². The summed E-state index contributed by atoms with van der Waals surface area (Å²) in [7, 11) is 0. The molecule has 0 unspecified atom stereocenters. The molecule has 0 spiro atoms. The second-order valence-electron chi connectivity index (χ2n) is 3.00. The summed E-state index contributed by atoms with van der Waals surface area (Å²) in [5.74, 6) is 0.620.